The molecule has 0 fully saturated rings. The van der Waals surface area contributed by atoms with E-state index >= 15 is 0 Å². The van der Waals surface area contributed by atoms with Gasteiger partial charge in [0.05, 0.1) is 18.4 Å². The molecule has 0 bridgehead atoms. The molecule has 0 saturated carbocycles. The van der Waals surface area contributed by atoms with E-state index in [4.69, 9.17) is 4.74 Å². The number of nitrogens with zero attached hydrogens (tertiary/aromatic N) is 2. The third kappa shape index (κ3) is 3.65. The normalized spacial score (nSPS) is 12.2. The molecule has 0 aliphatic carbocycles. The van der Waals surface area contributed by atoms with Gasteiger partial charge in [0.25, 0.3) is 5.91 Å². The van der Waals surface area contributed by atoms with Crippen molar-refractivity contribution < 1.29 is 9.53 Å². The molecule has 1 amide bonds. The van der Waals surface area contributed by atoms with Crippen LogP contribution in [0.25, 0.3) is 5.65 Å². The number of ether oxygens (including phenoxy) is 1. The monoisotopic (exact) mass is 337 g/mol. The van der Waals surface area contributed by atoms with Crippen molar-refractivity contribution in [2.45, 2.75) is 40.3 Å². The third-order valence-corrected chi connectivity index (χ3v) is 4.27. The Kier molecular flexibility index (Phi) is 4.74. The van der Waals surface area contributed by atoms with Gasteiger partial charge < -0.3 is 14.5 Å². The molecule has 0 saturated heterocycles. The third-order valence-electron chi connectivity index (χ3n) is 4.27. The van der Waals surface area contributed by atoms with Crippen LogP contribution in [0.4, 0.5) is 0 Å². The number of hydrogen-bond donors (Lipinski definition) is 1. The Hall–Kier alpha value is -2.82. The number of amides is 1. The van der Waals surface area contributed by atoms with Gasteiger partial charge in [-0.3, -0.25) is 4.79 Å². The van der Waals surface area contributed by atoms with Crippen LogP contribution in [-0.4, -0.2) is 21.4 Å². The fourth-order valence-corrected chi connectivity index (χ4v) is 2.73. The maximum Gasteiger partial charge on any atom is 0.261 e. The second-order valence-corrected chi connectivity index (χ2v) is 6.38. The Labute approximate surface area is 147 Å². The van der Waals surface area contributed by atoms with Crippen LogP contribution in [0.15, 0.2) is 42.7 Å². The van der Waals surface area contributed by atoms with E-state index in [1.165, 1.54) is 0 Å². The van der Waals surface area contributed by atoms with Crippen LogP contribution in [0, 0.1) is 20.8 Å². The number of carbonyl (C=O) groups excluding carboxylic acids is 1. The van der Waals surface area contributed by atoms with E-state index in [0.717, 1.165) is 33.8 Å². The Balaban J connectivity index is 1.65. The minimum absolute atomic E-state index is 0.150. The van der Waals surface area contributed by atoms with Gasteiger partial charge in [-0.1, -0.05) is 18.2 Å². The summed E-state index contributed by atoms with van der Waals surface area (Å²) in [4.78, 5) is 16.8. The molecule has 0 spiro atoms. The molecule has 2 aromatic heterocycles. The van der Waals surface area contributed by atoms with E-state index in [2.05, 4.69) is 10.3 Å². The second kappa shape index (κ2) is 6.97. The van der Waals surface area contributed by atoms with Gasteiger partial charge in [0.2, 0.25) is 0 Å². The number of pyridine rings is 1. The number of carbonyl (C=O) groups is 1. The molecule has 1 N–H and O–H groups in total. The standard InChI is InChI=1S/C20H23N3O2/c1-13-7-8-14(2)18(10-13)25-16(4)20(24)22-12-17-11-21-19-15(3)6-5-9-23(17)19/h5-11,16H,12H2,1-4H3,(H,22,24)/t16-/m1/s1. The summed E-state index contributed by atoms with van der Waals surface area (Å²) in [6.45, 7) is 8.16. The number of benzene rings is 1. The van der Waals surface area contributed by atoms with Crippen molar-refractivity contribution in [3.05, 3.63) is 65.1 Å². The molecule has 25 heavy (non-hydrogen) atoms. The first-order chi connectivity index (χ1) is 12.0. The quantitative estimate of drug-likeness (QED) is 0.777. The Morgan fingerprint density at radius 2 is 2.04 bits per heavy atom. The predicted molar refractivity (Wildman–Crippen MR) is 97.8 cm³/mol. The topological polar surface area (TPSA) is 55.6 Å². The van der Waals surface area contributed by atoms with Gasteiger partial charge in [-0.2, -0.15) is 0 Å². The number of hydrogen-bond acceptors (Lipinski definition) is 3. The van der Waals surface area contributed by atoms with Crippen LogP contribution in [-0.2, 0) is 11.3 Å². The van der Waals surface area contributed by atoms with E-state index in [-0.39, 0.29) is 5.91 Å². The molecule has 1 atom stereocenters. The number of imidazole rings is 1. The predicted octanol–water partition coefficient (Wildman–Crippen LogP) is 3.34. The highest BCUT2D eigenvalue weighted by molar-refractivity contribution is 5.80. The zero-order chi connectivity index (χ0) is 18.0. The molecule has 5 nitrogen and oxygen atoms in total. The van der Waals surface area contributed by atoms with E-state index in [9.17, 15) is 4.79 Å². The molecule has 3 rings (SSSR count). The summed E-state index contributed by atoms with van der Waals surface area (Å²) in [6, 6.07) is 9.97. The molecule has 130 valence electrons. The van der Waals surface area contributed by atoms with Crippen LogP contribution >= 0.6 is 0 Å². The molecule has 5 heteroatoms. The Morgan fingerprint density at radius 1 is 1.24 bits per heavy atom. The molecular weight excluding hydrogens is 314 g/mol. The van der Waals surface area contributed by atoms with Gasteiger partial charge in [-0.15, -0.1) is 0 Å². The zero-order valence-electron chi connectivity index (χ0n) is 15.0. The first-order valence-corrected chi connectivity index (χ1v) is 8.39. The first kappa shape index (κ1) is 17.0. The summed E-state index contributed by atoms with van der Waals surface area (Å²) in [5, 5.41) is 2.93. The molecule has 3 aromatic rings. The lowest BCUT2D eigenvalue weighted by molar-refractivity contribution is -0.127. The number of rotatable bonds is 5. The highest BCUT2D eigenvalue weighted by Crippen LogP contribution is 2.20. The molecule has 0 aliphatic heterocycles. The van der Waals surface area contributed by atoms with Gasteiger partial charge in [0, 0.05) is 6.20 Å². The minimum Gasteiger partial charge on any atom is -0.481 e. The van der Waals surface area contributed by atoms with Crippen molar-refractivity contribution in [2.24, 2.45) is 0 Å². The van der Waals surface area contributed by atoms with Crippen LogP contribution in [0.2, 0.25) is 0 Å². The molecule has 2 heterocycles. The molecule has 0 radical (unpaired) electrons. The maximum absolute atomic E-state index is 12.4. The van der Waals surface area contributed by atoms with Crippen LogP contribution < -0.4 is 10.1 Å². The SMILES string of the molecule is Cc1ccc(C)c(O[C@H](C)C(=O)NCc2cnc3c(C)cccn23)c1. The zero-order valence-corrected chi connectivity index (χ0v) is 15.0. The number of aromatic nitrogens is 2. The van der Waals surface area contributed by atoms with Crippen LogP contribution in [0.1, 0.15) is 29.3 Å². The van der Waals surface area contributed by atoms with Gasteiger partial charge >= 0.3 is 0 Å². The largest absolute Gasteiger partial charge is 0.481 e. The van der Waals surface area contributed by atoms with Crippen molar-refractivity contribution in [3.63, 3.8) is 0 Å². The van der Waals surface area contributed by atoms with Crippen molar-refractivity contribution in [3.8, 4) is 5.75 Å². The Bertz CT molecular complexity index is 914. The summed E-state index contributed by atoms with van der Waals surface area (Å²) in [5.41, 5.74) is 5.07. The van der Waals surface area contributed by atoms with E-state index in [1.807, 2.05) is 61.7 Å². The lowest BCUT2D eigenvalue weighted by atomic mass is 10.1. The molecular formula is C20H23N3O2. The fourth-order valence-electron chi connectivity index (χ4n) is 2.73. The lowest BCUT2D eigenvalue weighted by Crippen LogP contribution is -2.36. The van der Waals surface area contributed by atoms with E-state index in [1.54, 1.807) is 13.1 Å². The average Bonchev–Trinajstić information content (AvgIpc) is 3.00. The van der Waals surface area contributed by atoms with Crippen molar-refractivity contribution in [1.82, 2.24) is 14.7 Å². The molecule has 0 unspecified atom stereocenters. The van der Waals surface area contributed by atoms with Crippen molar-refractivity contribution in [2.75, 3.05) is 0 Å². The Morgan fingerprint density at radius 3 is 2.84 bits per heavy atom. The highest BCUT2D eigenvalue weighted by Gasteiger charge is 2.16. The van der Waals surface area contributed by atoms with Gasteiger partial charge in [-0.05, 0) is 56.5 Å². The number of nitrogens with one attached hydrogen (secondary N) is 1. The molecule has 0 aliphatic rings. The number of aryl methyl sites for hydroxylation is 3. The summed E-state index contributed by atoms with van der Waals surface area (Å²) < 4.78 is 7.82. The van der Waals surface area contributed by atoms with E-state index in [0.29, 0.717) is 6.54 Å². The summed E-state index contributed by atoms with van der Waals surface area (Å²) in [7, 11) is 0. The maximum atomic E-state index is 12.4. The first-order valence-electron chi connectivity index (χ1n) is 8.39. The summed E-state index contributed by atoms with van der Waals surface area (Å²) in [5.74, 6) is 0.594. The minimum atomic E-state index is -0.568. The fraction of sp³-hybridized carbons (Fsp3) is 0.300. The lowest BCUT2D eigenvalue weighted by Gasteiger charge is -2.16. The number of fused-ring (bicyclic) bond motifs is 1. The second-order valence-electron chi connectivity index (χ2n) is 6.38. The average molecular weight is 337 g/mol. The summed E-state index contributed by atoms with van der Waals surface area (Å²) in [6.07, 6.45) is 3.17. The van der Waals surface area contributed by atoms with Gasteiger partial charge in [0.1, 0.15) is 11.4 Å². The smallest absolute Gasteiger partial charge is 0.261 e. The van der Waals surface area contributed by atoms with Gasteiger partial charge in [0.15, 0.2) is 6.10 Å². The highest BCUT2D eigenvalue weighted by atomic mass is 16.5. The summed E-state index contributed by atoms with van der Waals surface area (Å²) >= 11 is 0. The van der Waals surface area contributed by atoms with Crippen molar-refractivity contribution in [1.29, 1.82) is 0 Å². The van der Waals surface area contributed by atoms with Gasteiger partial charge in [-0.25, -0.2) is 4.98 Å². The van der Waals surface area contributed by atoms with Crippen molar-refractivity contribution >= 4 is 11.6 Å². The molecule has 1 aromatic carbocycles. The van der Waals surface area contributed by atoms with Crippen LogP contribution in [0.3, 0.4) is 0 Å². The van der Waals surface area contributed by atoms with Crippen LogP contribution in [0.5, 0.6) is 5.75 Å². The van der Waals surface area contributed by atoms with E-state index < -0.39 is 6.10 Å².